The molecule has 0 aliphatic heterocycles. The Morgan fingerprint density at radius 1 is 0.944 bits per heavy atom. The highest BCUT2D eigenvalue weighted by Gasteiger charge is 2.33. The highest BCUT2D eigenvalue weighted by atomic mass is 32.2. The standard InChI is InChI=1S/C24H21F6N3O2S/c1-13(14-3-4-16(19(26)9-14)12-32-36(2)35)23(34)31-11-17-6-8-21(24(28,29)30)33-22(17)15-5-7-18(25)20(27)10-15/h3-10,13,32H,11-12H2,1-2H3,(H,31,34). The van der Waals surface area contributed by atoms with Crippen LogP contribution in [-0.2, 0) is 35.0 Å². The summed E-state index contributed by atoms with van der Waals surface area (Å²) in [5.41, 5.74) is -0.867. The van der Waals surface area contributed by atoms with E-state index < -0.39 is 52.1 Å². The van der Waals surface area contributed by atoms with Crippen molar-refractivity contribution in [3.63, 3.8) is 0 Å². The first-order chi connectivity index (χ1) is 16.9. The highest BCUT2D eigenvalue weighted by Crippen LogP contribution is 2.32. The third-order valence-corrected chi connectivity index (χ3v) is 5.90. The van der Waals surface area contributed by atoms with E-state index in [2.05, 4.69) is 15.0 Å². The summed E-state index contributed by atoms with van der Waals surface area (Å²) in [4.78, 5) is 16.3. The average Bonchev–Trinajstić information content (AvgIpc) is 2.82. The lowest BCUT2D eigenvalue weighted by Gasteiger charge is -2.16. The van der Waals surface area contributed by atoms with E-state index in [1.54, 1.807) is 0 Å². The largest absolute Gasteiger partial charge is 0.433 e. The van der Waals surface area contributed by atoms with E-state index in [9.17, 15) is 35.3 Å². The molecule has 0 spiro atoms. The summed E-state index contributed by atoms with van der Waals surface area (Å²) in [5, 5.41) is 2.56. The van der Waals surface area contributed by atoms with Crippen LogP contribution in [-0.4, -0.2) is 21.4 Å². The van der Waals surface area contributed by atoms with Crippen LogP contribution in [0.3, 0.4) is 0 Å². The number of pyridine rings is 1. The molecule has 0 saturated carbocycles. The van der Waals surface area contributed by atoms with Gasteiger partial charge in [0.25, 0.3) is 0 Å². The molecule has 1 aromatic heterocycles. The average molecular weight is 530 g/mol. The van der Waals surface area contributed by atoms with E-state index in [0.29, 0.717) is 5.56 Å². The van der Waals surface area contributed by atoms with Gasteiger partial charge in [0.05, 0.1) is 22.6 Å². The molecule has 192 valence electrons. The van der Waals surface area contributed by atoms with Crippen LogP contribution in [0.4, 0.5) is 26.3 Å². The monoisotopic (exact) mass is 529 g/mol. The molecule has 2 unspecified atom stereocenters. The Hall–Kier alpha value is -3.25. The fraction of sp³-hybridized carbons (Fsp3) is 0.250. The summed E-state index contributed by atoms with van der Waals surface area (Å²) in [7, 11) is -1.33. The van der Waals surface area contributed by atoms with Crippen LogP contribution in [0, 0.1) is 17.5 Å². The molecule has 0 bridgehead atoms. The second kappa shape index (κ2) is 11.2. The van der Waals surface area contributed by atoms with E-state index in [1.807, 2.05) is 0 Å². The van der Waals surface area contributed by atoms with Crippen molar-refractivity contribution in [3.05, 3.63) is 88.4 Å². The Morgan fingerprint density at radius 3 is 2.25 bits per heavy atom. The maximum absolute atomic E-state index is 14.4. The number of hydrogen-bond donors (Lipinski definition) is 2. The van der Waals surface area contributed by atoms with Gasteiger partial charge in [-0.05, 0) is 48.4 Å². The molecule has 1 heterocycles. The van der Waals surface area contributed by atoms with Gasteiger partial charge in [-0.15, -0.1) is 0 Å². The number of hydrogen-bond acceptors (Lipinski definition) is 3. The van der Waals surface area contributed by atoms with Crippen LogP contribution >= 0.6 is 0 Å². The number of carbonyl (C=O) groups excluding carboxylic acids is 1. The van der Waals surface area contributed by atoms with E-state index in [-0.39, 0.29) is 35.5 Å². The summed E-state index contributed by atoms with van der Waals surface area (Å²) in [6, 6.07) is 8.55. The summed E-state index contributed by atoms with van der Waals surface area (Å²) >= 11 is 0. The Bertz CT molecular complexity index is 1300. The normalized spacial score (nSPS) is 13.3. The lowest BCUT2D eigenvalue weighted by Crippen LogP contribution is -2.28. The minimum Gasteiger partial charge on any atom is -0.351 e. The van der Waals surface area contributed by atoms with Crippen LogP contribution in [0.15, 0.2) is 48.5 Å². The molecule has 2 aromatic carbocycles. The van der Waals surface area contributed by atoms with Gasteiger partial charge in [-0.3, -0.25) is 4.79 Å². The number of alkyl halides is 3. The number of halogens is 6. The van der Waals surface area contributed by atoms with Crippen molar-refractivity contribution in [2.75, 3.05) is 6.26 Å². The molecule has 0 radical (unpaired) electrons. The van der Waals surface area contributed by atoms with Gasteiger partial charge in [0.2, 0.25) is 5.91 Å². The predicted octanol–water partition coefficient (Wildman–Crippen LogP) is 4.99. The summed E-state index contributed by atoms with van der Waals surface area (Å²) in [5.74, 6) is -4.41. The first-order valence-corrected chi connectivity index (χ1v) is 12.1. The highest BCUT2D eigenvalue weighted by molar-refractivity contribution is 7.82. The topological polar surface area (TPSA) is 71.1 Å². The third kappa shape index (κ3) is 6.70. The van der Waals surface area contributed by atoms with Crippen LogP contribution in [0.1, 0.15) is 35.2 Å². The van der Waals surface area contributed by atoms with Crippen molar-refractivity contribution in [3.8, 4) is 11.3 Å². The van der Waals surface area contributed by atoms with Crippen molar-refractivity contribution >= 4 is 16.9 Å². The van der Waals surface area contributed by atoms with Crippen molar-refractivity contribution in [2.45, 2.75) is 32.1 Å². The zero-order valence-corrected chi connectivity index (χ0v) is 19.9. The summed E-state index contributed by atoms with van der Waals surface area (Å²) in [6.07, 6.45) is -3.37. The molecular weight excluding hydrogens is 508 g/mol. The molecule has 12 heteroatoms. The second-order valence-electron chi connectivity index (χ2n) is 7.90. The zero-order valence-electron chi connectivity index (χ0n) is 19.1. The van der Waals surface area contributed by atoms with Crippen LogP contribution < -0.4 is 10.0 Å². The van der Waals surface area contributed by atoms with Crippen LogP contribution in [0.2, 0.25) is 0 Å². The molecule has 5 nitrogen and oxygen atoms in total. The molecular formula is C24H21F6N3O2S. The number of rotatable bonds is 8. The van der Waals surface area contributed by atoms with Crippen molar-refractivity contribution < 1.29 is 35.3 Å². The van der Waals surface area contributed by atoms with Gasteiger partial charge < -0.3 is 5.32 Å². The molecule has 2 N–H and O–H groups in total. The van der Waals surface area contributed by atoms with Gasteiger partial charge in [-0.1, -0.05) is 18.2 Å². The van der Waals surface area contributed by atoms with Gasteiger partial charge in [-0.25, -0.2) is 27.1 Å². The van der Waals surface area contributed by atoms with Gasteiger partial charge >= 0.3 is 6.18 Å². The first-order valence-electron chi connectivity index (χ1n) is 10.5. The minimum absolute atomic E-state index is 0.0312. The van der Waals surface area contributed by atoms with E-state index in [1.165, 1.54) is 31.4 Å². The maximum atomic E-state index is 14.4. The quantitative estimate of drug-likeness (QED) is 0.404. The fourth-order valence-electron chi connectivity index (χ4n) is 3.32. The fourth-order valence-corrected chi connectivity index (χ4v) is 3.68. The first kappa shape index (κ1) is 27.3. The van der Waals surface area contributed by atoms with Crippen molar-refractivity contribution in [2.24, 2.45) is 0 Å². The summed E-state index contributed by atoms with van der Waals surface area (Å²) in [6.45, 7) is 1.28. The molecule has 0 fully saturated rings. The minimum atomic E-state index is -4.78. The van der Waals surface area contributed by atoms with Crippen molar-refractivity contribution in [1.29, 1.82) is 0 Å². The predicted molar refractivity (Wildman–Crippen MR) is 122 cm³/mol. The van der Waals surface area contributed by atoms with Crippen LogP contribution in [0.25, 0.3) is 11.3 Å². The Morgan fingerprint density at radius 2 is 1.64 bits per heavy atom. The molecule has 3 aromatic rings. The molecule has 1 amide bonds. The Labute approximate surface area is 205 Å². The Kier molecular flexibility index (Phi) is 8.51. The van der Waals surface area contributed by atoms with E-state index in [4.69, 9.17) is 0 Å². The van der Waals surface area contributed by atoms with Gasteiger partial charge in [-0.2, -0.15) is 13.2 Å². The maximum Gasteiger partial charge on any atom is 0.433 e. The van der Waals surface area contributed by atoms with E-state index in [0.717, 1.165) is 30.3 Å². The number of aromatic nitrogens is 1. The van der Waals surface area contributed by atoms with Crippen molar-refractivity contribution in [1.82, 2.24) is 15.0 Å². The SMILES string of the molecule is CC(C(=O)NCc1ccc(C(F)(F)F)nc1-c1ccc(F)c(F)c1)c1ccc(CNS(C)=O)c(F)c1. The number of benzene rings is 2. The lowest BCUT2D eigenvalue weighted by atomic mass is 9.98. The molecule has 0 aliphatic rings. The molecule has 2 atom stereocenters. The number of carbonyl (C=O) groups is 1. The zero-order chi connectivity index (χ0) is 26.6. The summed E-state index contributed by atoms with van der Waals surface area (Å²) < 4.78 is 94.8. The Balaban J connectivity index is 1.81. The number of nitrogens with one attached hydrogen (secondary N) is 2. The third-order valence-electron chi connectivity index (χ3n) is 5.35. The lowest BCUT2D eigenvalue weighted by molar-refractivity contribution is -0.141. The molecule has 36 heavy (non-hydrogen) atoms. The number of nitrogens with zero attached hydrogens (tertiary/aromatic N) is 1. The molecule has 0 saturated heterocycles. The van der Waals surface area contributed by atoms with E-state index >= 15 is 0 Å². The van der Waals surface area contributed by atoms with Crippen LogP contribution in [0.5, 0.6) is 0 Å². The van der Waals surface area contributed by atoms with Gasteiger partial charge in [0.15, 0.2) is 11.6 Å². The second-order valence-corrected chi connectivity index (χ2v) is 9.09. The molecule has 3 rings (SSSR count). The smallest absolute Gasteiger partial charge is 0.351 e. The van der Waals surface area contributed by atoms with Gasteiger partial charge in [0.1, 0.15) is 11.5 Å². The van der Waals surface area contributed by atoms with Gasteiger partial charge in [0, 0.05) is 30.5 Å². The number of amides is 1. The molecule has 0 aliphatic carbocycles.